The largest absolute Gasteiger partial charge is 0.383 e. The van der Waals surface area contributed by atoms with E-state index in [1.807, 2.05) is 36.5 Å². The molecule has 1 heterocycles. The lowest BCUT2D eigenvalue weighted by Gasteiger charge is -2.03. The minimum absolute atomic E-state index is 0.0785. The first-order valence-electron chi connectivity index (χ1n) is 6.21. The summed E-state index contributed by atoms with van der Waals surface area (Å²) < 4.78 is 4.85. The van der Waals surface area contributed by atoms with Gasteiger partial charge in [-0.05, 0) is 23.8 Å². The van der Waals surface area contributed by atoms with E-state index >= 15 is 0 Å². The Bertz CT molecular complexity index is 680. The van der Waals surface area contributed by atoms with Crippen LogP contribution in [0.1, 0.15) is 5.56 Å². The molecule has 1 amide bonds. The van der Waals surface area contributed by atoms with Crippen molar-refractivity contribution in [2.24, 2.45) is 0 Å². The van der Waals surface area contributed by atoms with Crippen molar-refractivity contribution in [3.8, 4) is 6.07 Å². The van der Waals surface area contributed by atoms with Crippen LogP contribution < -0.4 is 5.32 Å². The van der Waals surface area contributed by atoms with Crippen molar-refractivity contribution < 1.29 is 9.53 Å². The number of methoxy groups -OCH3 is 1. The van der Waals surface area contributed by atoms with Crippen LogP contribution in [-0.4, -0.2) is 31.2 Å². The minimum Gasteiger partial charge on any atom is -0.383 e. The van der Waals surface area contributed by atoms with E-state index in [0.29, 0.717) is 13.2 Å². The predicted molar refractivity (Wildman–Crippen MR) is 76.8 cm³/mol. The van der Waals surface area contributed by atoms with Crippen LogP contribution in [0.25, 0.3) is 17.0 Å². The summed E-state index contributed by atoms with van der Waals surface area (Å²) in [6.07, 6.45) is 3.42. The molecule has 20 heavy (non-hydrogen) atoms. The van der Waals surface area contributed by atoms with E-state index in [0.717, 1.165) is 16.5 Å². The number of nitrogens with zero attached hydrogens (tertiary/aromatic N) is 1. The molecule has 102 valence electrons. The second kappa shape index (κ2) is 6.55. The molecule has 5 nitrogen and oxygen atoms in total. The summed E-state index contributed by atoms with van der Waals surface area (Å²) in [5.74, 6) is -0.392. The standard InChI is InChI=1S/C15H15N3O2/c1-20-8-7-18-15(19)12(10-16)9-11-3-2-4-14-13(11)5-6-17-14/h2-6,9,17H,7-8H2,1H3,(H,18,19)/b12-9+. The van der Waals surface area contributed by atoms with Crippen LogP contribution in [0.5, 0.6) is 0 Å². The molecule has 5 heteroatoms. The Morgan fingerprint density at radius 2 is 2.35 bits per heavy atom. The van der Waals surface area contributed by atoms with Crippen LogP contribution in [0.2, 0.25) is 0 Å². The lowest BCUT2D eigenvalue weighted by Crippen LogP contribution is -2.27. The highest BCUT2D eigenvalue weighted by Crippen LogP contribution is 2.19. The molecule has 2 N–H and O–H groups in total. The topological polar surface area (TPSA) is 77.9 Å². The van der Waals surface area contributed by atoms with Gasteiger partial charge in [-0.25, -0.2) is 0 Å². The normalized spacial score (nSPS) is 11.3. The van der Waals surface area contributed by atoms with Gasteiger partial charge in [0.25, 0.3) is 5.91 Å². The highest BCUT2D eigenvalue weighted by atomic mass is 16.5. The fraction of sp³-hybridized carbons (Fsp3) is 0.200. The van der Waals surface area contributed by atoms with Crippen LogP contribution in [0.15, 0.2) is 36.0 Å². The number of hydrogen-bond acceptors (Lipinski definition) is 3. The maximum Gasteiger partial charge on any atom is 0.262 e. The summed E-state index contributed by atoms with van der Waals surface area (Å²) in [6, 6.07) is 9.54. The lowest BCUT2D eigenvalue weighted by molar-refractivity contribution is -0.117. The zero-order valence-electron chi connectivity index (χ0n) is 11.1. The van der Waals surface area contributed by atoms with Crippen molar-refractivity contribution in [2.75, 3.05) is 20.3 Å². The van der Waals surface area contributed by atoms with Gasteiger partial charge in [-0.15, -0.1) is 0 Å². The quantitative estimate of drug-likeness (QED) is 0.494. The average Bonchev–Trinajstić information content (AvgIpc) is 2.94. The van der Waals surface area contributed by atoms with Crippen molar-refractivity contribution in [1.82, 2.24) is 10.3 Å². The third-order valence-corrected chi connectivity index (χ3v) is 2.89. The number of carbonyl (C=O) groups excluding carboxylic acids is 1. The number of H-pyrrole nitrogens is 1. The Balaban J connectivity index is 2.25. The molecule has 0 spiro atoms. The Morgan fingerprint density at radius 3 is 3.10 bits per heavy atom. The maximum atomic E-state index is 11.9. The molecule has 0 radical (unpaired) electrons. The first-order chi connectivity index (χ1) is 9.76. The number of fused-ring (bicyclic) bond motifs is 1. The molecule has 2 aromatic rings. The molecule has 0 atom stereocenters. The second-order valence-corrected chi connectivity index (χ2v) is 4.20. The van der Waals surface area contributed by atoms with Crippen LogP contribution >= 0.6 is 0 Å². The molecule has 0 aliphatic carbocycles. The minimum atomic E-state index is -0.392. The molecule has 2 rings (SSSR count). The molecule has 0 bridgehead atoms. The predicted octanol–water partition coefficient (Wildman–Crippen LogP) is 1.84. The Hall–Kier alpha value is -2.58. The van der Waals surface area contributed by atoms with Gasteiger partial charge in [-0.2, -0.15) is 5.26 Å². The number of amides is 1. The van der Waals surface area contributed by atoms with Crippen molar-refractivity contribution >= 4 is 22.9 Å². The molecule has 0 saturated carbocycles. The van der Waals surface area contributed by atoms with Crippen LogP contribution in [-0.2, 0) is 9.53 Å². The van der Waals surface area contributed by atoms with E-state index in [1.54, 1.807) is 13.2 Å². The summed E-state index contributed by atoms with van der Waals surface area (Å²) in [5, 5.41) is 12.7. The average molecular weight is 269 g/mol. The van der Waals surface area contributed by atoms with E-state index in [9.17, 15) is 4.79 Å². The van der Waals surface area contributed by atoms with Crippen LogP contribution in [0.3, 0.4) is 0 Å². The Kier molecular flexibility index (Phi) is 4.53. The lowest BCUT2D eigenvalue weighted by atomic mass is 10.1. The molecular weight excluding hydrogens is 254 g/mol. The second-order valence-electron chi connectivity index (χ2n) is 4.20. The van der Waals surface area contributed by atoms with E-state index < -0.39 is 5.91 Å². The van der Waals surface area contributed by atoms with Crippen molar-refractivity contribution in [3.63, 3.8) is 0 Å². The van der Waals surface area contributed by atoms with Gasteiger partial charge in [-0.1, -0.05) is 12.1 Å². The summed E-state index contributed by atoms with van der Waals surface area (Å²) in [7, 11) is 1.56. The molecule has 0 fully saturated rings. The van der Waals surface area contributed by atoms with E-state index in [4.69, 9.17) is 10.00 Å². The van der Waals surface area contributed by atoms with E-state index in [1.165, 1.54) is 0 Å². The number of aromatic amines is 1. The Labute approximate surface area is 116 Å². The van der Waals surface area contributed by atoms with E-state index in [2.05, 4.69) is 10.3 Å². The van der Waals surface area contributed by atoms with Gasteiger partial charge in [-0.3, -0.25) is 4.79 Å². The molecule has 1 aromatic carbocycles. The van der Waals surface area contributed by atoms with Gasteiger partial charge in [0.15, 0.2) is 0 Å². The summed E-state index contributed by atoms with van der Waals surface area (Å²) in [5.41, 5.74) is 1.88. The number of benzene rings is 1. The van der Waals surface area contributed by atoms with Gasteiger partial charge < -0.3 is 15.0 Å². The number of rotatable bonds is 5. The number of nitriles is 1. The van der Waals surface area contributed by atoms with E-state index in [-0.39, 0.29) is 5.57 Å². The van der Waals surface area contributed by atoms with Gasteiger partial charge in [0.05, 0.1) is 6.61 Å². The number of aromatic nitrogens is 1. The molecular formula is C15H15N3O2. The summed E-state index contributed by atoms with van der Waals surface area (Å²) in [6.45, 7) is 0.792. The number of hydrogen-bond donors (Lipinski definition) is 2. The fourth-order valence-corrected chi connectivity index (χ4v) is 1.90. The van der Waals surface area contributed by atoms with Crippen molar-refractivity contribution in [1.29, 1.82) is 5.26 Å². The summed E-state index contributed by atoms with van der Waals surface area (Å²) in [4.78, 5) is 15.0. The number of ether oxygens (including phenoxy) is 1. The maximum absolute atomic E-state index is 11.9. The fourth-order valence-electron chi connectivity index (χ4n) is 1.90. The smallest absolute Gasteiger partial charge is 0.262 e. The monoisotopic (exact) mass is 269 g/mol. The van der Waals surface area contributed by atoms with Crippen LogP contribution in [0.4, 0.5) is 0 Å². The van der Waals surface area contributed by atoms with Gasteiger partial charge in [0, 0.05) is 30.8 Å². The molecule has 0 saturated heterocycles. The summed E-state index contributed by atoms with van der Waals surface area (Å²) >= 11 is 0. The van der Waals surface area contributed by atoms with Crippen LogP contribution in [0, 0.1) is 11.3 Å². The Morgan fingerprint density at radius 1 is 1.50 bits per heavy atom. The van der Waals surface area contributed by atoms with Crippen molar-refractivity contribution in [2.45, 2.75) is 0 Å². The van der Waals surface area contributed by atoms with Gasteiger partial charge in [0.1, 0.15) is 11.6 Å². The van der Waals surface area contributed by atoms with Crippen molar-refractivity contribution in [3.05, 3.63) is 41.6 Å². The highest BCUT2D eigenvalue weighted by Gasteiger charge is 2.09. The van der Waals surface area contributed by atoms with Gasteiger partial charge >= 0.3 is 0 Å². The third-order valence-electron chi connectivity index (χ3n) is 2.89. The number of nitrogens with one attached hydrogen (secondary N) is 2. The first-order valence-corrected chi connectivity index (χ1v) is 6.21. The first kappa shape index (κ1) is 13.8. The molecule has 0 aliphatic heterocycles. The zero-order valence-corrected chi connectivity index (χ0v) is 11.1. The molecule has 1 aromatic heterocycles. The highest BCUT2D eigenvalue weighted by molar-refractivity contribution is 6.03. The SMILES string of the molecule is COCCNC(=O)/C(C#N)=C/c1cccc2[nH]ccc12. The number of carbonyl (C=O) groups is 1. The third kappa shape index (κ3) is 3.05. The molecule has 0 aliphatic rings. The zero-order chi connectivity index (χ0) is 14.4. The van der Waals surface area contributed by atoms with Gasteiger partial charge in [0.2, 0.25) is 0 Å². The molecule has 0 unspecified atom stereocenters.